The van der Waals surface area contributed by atoms with Crippen molar-refractivity contribution in [2.45, 2.75) is 32.7 Å². The van der Waals surface area contributed by atoms with Crippen molar-refractivity contribution >= 4 is 33.1 Å². The summed E-state index contributed by atoms with van der Waals surface area (Å²) in [5.41, 5.74) is 3.45. The summed E-state index contributed by atoms with van der Waals surface area (Å²) in [5.74, 6) is 0.417. The number of rotatable bonds is 9. The van der Waals surface area contributed by atoms with Crippen LogP contribution < -0.4 is 15.6 Å². The van der Waals surface area contributed by atoms with E-state index in [4.69, 9.17) is 10.00 Å². The zero-order valence-corrected chi connectivity index (χ0v) is 19.6. The number of thiophene rings is 1. The highest BCUT2D eigenvalue weighted by molar-refractivity contribution is 7.17. The van der Waals surface area contributed by atoms with Crippen molar-refractivity contribution in [2.75, 3.05) is 11.9 Å². The van der Waals surface area contributed by atoms with Crippen LogP contribution in [-0.2, 0) is 11.3 Å². The Morgan fingerprint density at radius 2 is 2.06 bits per heavy atom. The first-order valence-electron chi connectivity index (χ1n) is 11.0. The Hall–Kier alpha value is -3.96. The molecule has 4 aromatic rings. The summed E-state index contributed by atoms with van der Waals surface area (Å²) in [6.45, 7) is 2.69. The van der Waals surface area contributed by atoms with Crippen LogP contribution in [0.1, 0.15) is 24.8 Å². The van der Waals surface area contributed by atoms with Gasteiger partial charge < -0.3 is 10.1 Å². The Kier molecular flexibility index (Phi) is 7.35. The van der Waals surface area contributed by atoms with Gasteiger partial charge >= 0.3 is 0 Å². The van der Waals surface area contributed by atoms with Crippen LogP contribution in [0.4, 0.5) is 5.69 Å². The van der Waals surface area contributed by atoms with Gasteiger partial charge in [-0.15, -0.1) is 11.3 Å². The Morgan fingerprint density at radius 1 is 1.24 bits per heavy atom. The van der Waals surface area contributed by atoms with E-state index in [1.54, 1.807) is 24.3 Å². The summed E-state index contributed by atoms with van der Waals surface area (Å²) in [6, 6.07) is 17.2. The van der Waals surface area contributed by atoms with E-state index < -0.39 is 0 Å². The second kappa shape index (κ2) is 10.8. The molecule has 4 rings (SSSR count). The van der Waals surface area contributed by atoms with Crippen LogP contribution in [0.25, 0.3) is 21.3 Å². The second-order valence-electron chi connectivity index (χ2n) is 7.87. The van der Waals surface area contributed by atoms with Crippen molar-refractivity contribution in [1.29, 1.82) is 5.26 Å². The lowest BCUT2D eigenvalue weighted by molar-refractivity contribution is -0.116. The van der Waals surface area contributed by atoms with Gasteiger partial charge in [0.05, 0.1) is 24.4 Å². The van der Waals surface area contributed by atoms with Crippen LogP contribution in [0.2, 0.25) is 0 Å². The van der Waals surface area contributed by atoms with Crippen LogP contribution in [0.15, 0.2) is 65.0 Å². The molecule has 0 saturated heterocycles. The Bertz CT molecular complexity index is 1400. The van der Waals surface area contributed by atoms with E-state index in [1.807, 2.05) is 36.6 Å². The number of unbranched alkanes of at least 4 members (excludes halogenated alkanes) is 1. The third kappa shape index (κ3) is 5.50. The van der Waals surface area contributed by atoms with Crippen molar-refractivity contribution in [3.63, 3.8) is 0 Å². The smallest absolute Gasteiger partial charge is 0.262 e. The molecule has 2 aromatic heterocycles. The quantitative estimate of drug-likeness (QED) is 0.340. The van der Waals surface area contributed by atoms with E-state index in [0.717, 1.165) is 16.7 Å². The molecule has 0 aliphatic rings. The maximum Gasteiger partial charge on any atom is 0.262 e. The van der Waals surface area contributed by atoms with Gasteiger partial charge in [0.15, 0.2) is 0 Å². The van der Waals surface area contributed by atoms with Gasteiger partial charge in [-0.05, 0) is 31.0 Å². The molecular formula is C26H24N4O3S. The van der Waals surface area contributed by atoms with Crippen LogP contribution in [0, 0.1) is 18.3 Å². The SMILES string of the molecule is Cc1ccc(-c2csc3ncn(CCC(=O)Nc4cccc(OCCCC#N)c4)c(=O)c23)cc1. The Labute approximate surface area is 201 Å². The third-order valence-electron chi connectivity index (χ3n) is 5.32. The molecule has 0 radical (unpaired) electrons. The number of hydrogen-bond donors (Lipinski definition) is 1. The number of nitrogens with one attached hydrogen (secondary N) is 1. The number of aromatic nitrogens is 2. The molecular weight excluding hydrogens is 448 g/mol. The minimum atomic E-state index is -0.210. The van der Waals surface area contributed by atoms with E-state index in [1.165, 1.54) is 22.2 Å². The molecule has 0 aliphatic carbocycles. The minimum Gasteiger partial charge on any atom is -0.493 e. The summed E-state index contributed by atoms with van der Waals surface area (Å²) >= 11 is 1.44. The van der Waals surface area contributed by atoms with Gasteiger partial charge in [0.1, 0.15) is 10.6 Å². The number of benzene rings is 2. The lowest BCUT2D eigenvalue weighted by Crippen LogP contribution is -2.23. The van der Waals surface area contributed by atoms with E-state index in [9.17, 15) is 9.59 Å². The van der Waals surface area contributed by atoms with Gasteiger partial charge in [-0.25, -0.2) is 4.98 Å². The molecule has 1 N–H and O–H groups in total. The molecule has 172 valence electrons. The van der Waals surface area contributed by atoms with Gasteiger partial charge in [0, 0.05) is 42.1 Å². The number of carbonyl (C=O) groups is 1. The predicted octanol–water partition coefficient (Wildman–Crippen LogP) is 5.14. The lowest BCUT2D eigenvalue weighted by Gasteiger charge is -2.10. The number of hydrogen-bond acceptors (Lipinski definition) is 6. The van der Waals surface area contributed by atoms with Crippen molar-refractivity contribution in [3.05, 3.63) is 76.2 Å². The standard InChI is InChI=1S/C26H24N4O3S/c1-18-7-9-19(10-8-18)22-16-34-25-24(22)26(32)30(17-28-25)13-11-23(31)29-20-5-4-6-21(15-20)33-14-3-2-12-27/h4-10,15-17H,2-3,11,13-14H2,1H3,(H,29,31). The molecule has 0 saturated carbocycles. The first-order valence-corrected chi connectivity index (χ1v) is 11.9. The van der Waals surface area contributed by atoms with Crippen molar-refractivity contribution in [2.24, 2.45) is 0 Å². The lowest BCUT2D eigenvalue weighted by atomic mass is 10.1. The van der Waals surface area contributed by atoms with Crippen LogP contribution in [-0.4, -0.2) is 22.1 Å². The van der Waals surface area contributed by atoms with Crippen LogP contribution >= 0.6 is 11.3 Å². The number of carbonyl (C=O) groups excluding carboxylic acids is 1. The number of ether oxygens (including phenoxy) is 1. The molecule has 0 spiro atoms. The molecule has 2 aromatic carbocycles. The number of nitriles is 1. The summed E-state index contributed by atoms with van der Waals surface area (Å²) in [6.07, 6.45) is 2.72. The molecule has 0 aliphatic heterocycles. The summed E-state index contributed by atoms with van der Waals surface area (Å²) in [5, 5.41) is 14.0. The maximum absolute atomic E-state index is 13.2. The van der Waals surface area contributed by atoms with Gasteiger partial charge in [0.2, 0.25) is 5.91 Å². The topological polar surface area (TPSA) is 97.0 Å². The molecule has 0 bridgehead atoms. The first-order chi connectivity index (χ1) is 16.5. The fourth-order valence-electron chi connectivity index (χ4n) is 3.52. The number of fused-ring (bicyclic) bond motifs is 1. The van der Waals surface area contributed by atoms with E-state index in [2.05, 4.69) is 16.4 Å². The number of amides is 1. The van der Waals surface area contributed by atoms with Gasteiger partial charge in [-0.3, -0.25) is 14.2 Å². The van der Waals surface area contributed by atoms with Gasteiger partial charge in [0.25, 0.3) is 5.56 Å². The summed E-state index contributed by atoms with van der Waals surface area (Å²) in [4.78, 5) is 30.8. The number of aryl methyl sites for hydroxylation is 2. The average molecular weight is 473 g/mol. The van der Waals surface area contributed by atoms with Crippen molar-refractivity contribution < 1.29 is 9.53 Å². The molecule has 8 heteroatoms. The van der Waals surface area contributed by atoms with E-state index in [-0.39, 0.29) is 24.4 Å². The normalized spacial score (nSPS) is 10.7. The van der Waals surface area contributed by atoms with Crippen molar-refractivity contribution in [3.8, 4) is 22.9 Å². The second-order valence-corrected chi connectivity index (χ2v) is 8.73. The van der Waals surface area contributed by atoms with Crippen LogP contribution in [0.5, 0.6) is 5.75 Å². The zero-order valence-electron chi connectivity index (χ0n) is 18.8. The largest absolute Gasteiger partial charge is 0.493 e. The zero-order chi connectivity index (χ0) is 23.9. The van der Waals surface area contributed by atoms with Gasteiger partial charge in [-0.2, -0.15) is 5.26 Å². The highest BCUT2D eigenvalue weighted by Gasteiger charge is 2.14. The monoisotopic (exact) mass is 472 g/mol. The molecule has 34 heavy (non-hydrogen) atoms. The molecule has 1 amide bonds. The number of nitrogens with zero attached hydrogens (tertiary/aromatic N) is 3. The minimum absolute atomic E-state index is 0.129. The molecule has 0 unspecified atom stereocenters. The van der Waals surface area contributed by atoms with Crippen molar-refractivity contribution in [1.82, 2.24) is 9.55 Å². The summed E-state index contributed by atoms with van der Waals surface area (Å²) in [7, 11) is 0. The third-order valence-corrected chi connectivity index (χ3v) is 6.21. The Morgan fingerprint density at radius 3 is 2.85 bits per heavy atom. The molecule has 0 fully saturated rings. The van der Waals surface area contributed by atoms with E-state index >= 15 is 0 Å². The summed E-state index contributed by atoms with van der Waals surface area (Å²) < 4.78 is 7.09. The molecule has 2 heterocycles. The van der Waals surface area contributed by atoms with E-state index in [0.29, 0.717) is 41.1 Å². The Balaban J connectivity index is 1.43. The predicted molar refractivity (Wildman–Crippen MR) is 134 cm³/mol. The van der Waals surface area contributed by atoms with Gasteiger partial charge in [-0.1, -0.05) is 35.9 Å². The maximum atomic E-state index is 13.2. The number of anilines is 1. The fraction of sp³-hybridized carbons (Fsp3) is 0.231. The molecule has 7 nitrogen and oxygen atoms in total. The average Bonchev–Trinajstić information content (AvgIpc) is 3.27. The van der Waals surface area contributed by atoms with Crippen LogP contribution in [0.3, 0.4) is 0 Å². The highest BCUT2D eigenvalue weighted by atomic mass is 32.1. The fourth-order valence-corrected chi connectivity index (χ4v) is 4.43. The molecule has 0 atom stereocenters. The first kappa shape index (κ1) is 23.2. The highest BCUT2D eigenvalue weighted by Crippen LogP contribution is 2.30.